The van der Waals surface area contributed by atoms with Crippen LogP contribution in [0.1, 0.15) is 65.5 Å². The fourth-order valence-corrected chi connectivity index (χ4v) is 3.94. The van der Waals surface area contributed by atoms with E-state index in [0.29, 0.717) is 23.3 Å². The minimum Gasteiger partial charge on any atom is -0.432 e. The highest BCUT2D eigenvalue weighted by atomic mass is 19.3. The van der Waals surface area contributed by atoms with Crippen molar-refractivity contribution in [1.82, 2.24) is 29.5 Å². The number of nitrogens with zero attached hydrogens (tertiary/aromatic N) is 5. The smallest absolute Gasteiger partial charge is 0.292 e. The van der Waals surface area contributed by atoms with Gasteiger partial charge in [0.15, 0.2) is 5.69 Å². The molecule has 0 aliphatic carbocycles. The lowest BCUT2D eigenvalue weighted by Crippen LogP contribution is -2.41. The Kier molecular flexibility index (Phi) is 4.78. The summed E-state index contributed by atoms with van der Waals surface area (Å²) < 4.78 is 47.9. The predicted octanol–water partition coefficient (Wildman–Crippen LogP) is 3.14. The van der Waals surface area contributed by atoms with Crippen LogP contribution in [0.4, 0.5) is 13.2 Å². The Morgan fingerprint density at radius 1 is 1.36 bits per heavy atom. The summed E-state index contributed by atoms with van der Waals surface area (Å²) in [6, 6.07) is 3.30. The van der Waals surface area contributed by atoms with E-state index in [9.17, 15) is 23.1 Å². The molecule has 1 atom stereocenters. The van der Waals surface area contributed by atoms with Gasteiger partial charge in [-0.15, -0.1) is 0 Å². The normalized spacial score (nSPS) is 16.6. The first-order valence-corrected chi connectivity index (χ1v) is 10.1. The van der Waals surface area contributed by atoms with Crippen molar-refractivity contribution < 1.29 is 27.5 Å². The third-order valence-electron chi connectivity index (χ3n) is 5.49. The number of hydrogen-bond donors (Lipinski definition) is 2. The standard InChI is InChI=1S/C21H19F3N6O3/c1-21(2,32)20-27-15(18(23)24)17(33-20)19(31)29-5-4-12-14(26-9-25-12)16(29)13-8-11-7-10(22)3-6-30(11)28-13/h3,6-9,16,18,32H,4-5H2,1-2H3,(H,25,26)/t16-/m1/s1. The molecule has 5 heterocycles. The molecule has 4 aromatic heterocycles. The molecule has 0 saturated heterocycles. The van der Waals surface area contributed by atoms with E-state index in [0.717, 1.165) is 5.69 Å². The molecule has 4 aromatic rings. The lowest BCUT2D eigenvalue weighted by molar-refractivity contribution is 0.0440. The second-order valence-electron chi connectivity index (χ2n) is 8.29. The van der Waals surface area contributed by atoms with E-state index in [1.807, 2.05) is 0 Å². The highest BCUT2D eigenvalue weighted by Gasteiger charge is 2.40. The van der Waals surface area contributed by atoms with Gasteiger partial charge >= 0.3 is 0 Å². The molecular weight excluding hydrogens is 441 g/mol. The van der Waals surface area contributed by atoms with Gasteiger partial charge in [0.1, 0.15) is 17.5 Å². The van der Waals surface area contributed by atoms with Gasteiger partial charge in [-0.05, 0) is 32.0 Å². The summed E-state index contributed by atoms with van der Waals surface area (Å²) in [4.78, 5) is 25.8. The van der Waals surface area contributed by atoms with E-state index in [4.69, 9.17) is 4.42 Å². The Morgan fingerprint density at radius 2 is 2.15 bits per heavy atom. The molecule has 172 valence electrons. The van der Waals surface area contributed by atoms with Gasteiger partial charge < -0.3 is 19.4 Å². The summed E-state index contributed by atoms with van der Waals surface area (Å²) in [5, 5.41) is 14.6. The Hall–Kier alpha value is -3.67. The Balaban J connectivity index is 1.62. The number of imidazole rings is 1. The van der Waals surface area contributed by atoms with Crippen molar-refractivity contribution in [2.75, 3.05) is 6.54 Å². The molecule has 12 heteroatoms. The van der Waals surface area contributed by atoms with Crippen molar-refractivity contribution in [3.05, 3.63) is 71.0 Å². The summed E-state index contributed by atoms with van der Waals surface area (Å²) in [6.45, 7) is 2.79. The zero-order chi connectivity index (χ0) is 23.5. The van der Waals surface area contributed by atoms with Crippen LogP contribution < -0.4 is 0 Å². The van der Waals surface area contributed by atoms with Crippen molar-refractivity contribution in [3.8, 4) is 0 Å². The Labute approximate surface area is 184 Å². The number of fused-ring (bicyclic) bond motifs is 2. The number of carbonyl (C=O) groups is 1. The predicted molar refractivity (Wildman–Crippen MR) is 107 cm³/mol. The van der Waals surface area contributed by atoms with Crippen LogP contribution in [0.3, 0.4) is 0 Å². The number of aromatic amines is 1. The van der Waals surface area contributed by atoms with Gasteiger partial charge in [0.2, 0.25) is 11.7 Å². The van der Waals surface area contributed by atoms with Crippen molar-refractivity contribution in [2.45, 2.75) is 38.3 Å². The number of nitrogens with one attached hydrogen (secondary N) is 1. The number of carbonyl (C=O) groups excluding carboxylic acids is 1. The fraction of sp³-hybridized carbons (Fsp3) is 0.333. The molecule has 1 aliphatic heterocycles. The minimum atomic E-state index is -3.09. The number of rotatable bonds is 4. The number of H-pyrrole nitrogens is 1. The maximum absolute atomic E-state index is 13.7. The van der Waals surface area contributed by atoms with Crippen molar-refractivity contribution in [3.63, 3.8) is 0 Å². The number of hydrogen-bond acceptors (Lipinski definition) is 6. The van der Waals surface area contributed by atoms with E-state index in [1.54, 1.807) is 6.07 Å². The summed E-state index contributed by atoms with van der Waals surface area (Å²) in [6.07, 6.45) is 0.226. The highest BCUT2D eigenvalue weighted by Crippen LogP contribution is 2.36. The second-order valence-corrected chi connectivity index (χ2v) is 8.29. The summed E-state index contributed by atoms with van der Waals surface area (Å²) in [5.41, 5.74) is -0.402. The van der Waals surface area contributed by atoms with Crippen LogP contribution in [0.2, 0.25) is 0 Å². The third kappa shape index (κ3) is 3.55. The molecule has 0 aromatic carbocycles. The monoisotopic (exact) mass is 460 g/mol. The van der Waals surface area contributed by atoms with Gasteiger partial charge in [0.05, 0.1) is 23.2 Å². The SMILES string of the molecule is CC(C)(O)c1nc(C(F)F)c(C(=O)N2CCc3[nH]cnc3[C@H]2c2cc3cc(F)ccn3n2)o1. The maximum Gasteiger partial charge on any atom is 0.292 e. The summed E-state index contributed by atoms with van der Waals surface area (Å²) >= 11 is 0. The molecule has 9 nitrogen and oxygen atoms in total. The number of aromatic nitrogens is 5. The van der Waals surface area contributed by atoms with E-state index in [2.05, 4.69) is 20.1 Å². The lowest BCUT2D eigenvalue weighted by atomic mass is 9.99. The number of pyridine rings is 1. The average molecular weight is 460 g/mol. The topological polar surface area (TPSA) is 113 Å². The number of halogens is 3. The molecular formula is C21H19F3N6O3. The fourth-order valence-electron chi connectivity index (χ4n) is 3.94. The van der Waals surface area contributed by atoms with Crippen molar-refractivity contribution >= 4 is 11.4 Å². The number of aliphatic hydroxyl groups is 1. The quantitative estimate of drug-likeness (QED) is 0.484. The van der Waals surface area contributed by atoms with Crippen LogP contribution >= 0.6 is 0 Å². The van der Waals surface area contributed by atoms with E-state index >= 15 is 0 Å². The molecule has 0 unspecified atom stereocenters. The first kappa shape index (κ1) is 21.2. The van der Waals surface area contributed by atoms with Crippen LogP contribution in [-0.4, -0.2) is 47.0 Å². The first-order valence-electron chi connectivity index (χ1n) is 10.1. The van der Waals surface area contributed by atoms with Gasteiger partial charge in [-0.2, -0.15) is 5.10 Å². The Bertz CT molecular complexity index is 1350. The molecule has 0 radical (unpaired) electrons. The molecule has 5 rings (SSSR count). The van der Waals surface area contributed by atoms with Gasteiger partial charge in [-0.25, -0.2) is 27.7 Å². The molecule has 1 aliphatic rings. The minimum absolute atomic E-state index is 0.155. The van der Waals surface area contributed by atoms with E-state index in [-0.39, 0.29) is 6.54 Å². The molecule has 0 spiro atoms. The average Bonchev–Trinajstić information content (AvgIpc) is 3.48. The molecule has 0 fully saturated rings. The largest absolute Gasteiger partial charge is 0.432 e. The van der Waals surface area contributed by atoms with E-state index < -0.39 is 47.1 Å². The zero-order valence-corrected chi connectivity index (χ0v) is 17.6. The highest BCUT2D eigenvalue weighted by molar-refractivity contribution is 5.93. The molecule has 2 N–H and O–H groups in total. The van der Waals surface area contributed by atoms with Gasteiger partial charge in [-0.3, -0.25) is 4.79 Å². The number of alkyl halides is 2. The third-order valence-corrected chi connectivity index (χ3v) is 5.49. The molecule has 0 saturated carbocycles. The van der Waals surface area contributed by atoms with Gasteiger partial charge in [0.25, 0.3) is 12.3 Å². The Morgan fingerprint density at radius 3 is 2.88 bits per heavy atom. The second kappa shape index (κ2) is 7.44. The number of oxazole rings is 1. The van der Waals surface area contributed by atoms with Crippen LogP contribution in [-0.2, 0) is 12.0 Å². The van der Waals surface area contributed by atoms with Crippen LogP contribution in [0, 0.1) is 5.82 Å². The van der Waals surface area contributed by atoms with Crippen molar-refractivity contribution in [1.29, 1.82) is 0 Å². The van der Waals surface area contributed by atoms with Gasteiger partial charge in [0, 0.05) is 24.9 Å². The summed E-state index contributed by atoms with van der Waals surface area (Å²) in [5.74, 6) is -2.33. The van der Waals surface area contributed by atoms with E-state index in [1.165, 1.54) is 47.9 Å². The lowest BCUT2D eigenvalue weighted by Gasteiger charge is -2.33. The zero-order valence-electron chi connectivity index (χ0n) is 17.6. The van der Waals surface area contributed by atoms with Gasteiger partial charge in [-0.1, -0.05) is 0 Å². The maximum atomic E-state index is 13.7. The number of amides is 1. The van der Waals surface area contributed by atoms with Crippen molar-refractivity contribution in [2.24, 2.45) is 0 Å². The van der Waals surface area contributed by atoms with Crippen LogP contribution in [0.5, 0.6) is 0 Å². The molecule has 1 amide bonds. The first-order chi connectivity index (χ1) is 15.6. The summed E-state index contributed by atoms with van der Waals surface area (Å²) in [7, 11) is 0. The molecule has 33 heavy (non-hydrogen) atoms. The van der Waals surface area contributed by atoms with Crippen LogP contribution in [0.15, 0.2) is 35.1 Å². The molecule has 0 bridgehead atoms. The van der Waals surface area contributed by atoms with Crippen LogP contribution in [0.25, 0.3) is 5.52 Å².